The molecular weight excluding hydrogens is 383 g/mol. The van der Waals surface area contributed by atoms with Crippen molar-refractivity contribution in [2.24, 2.45) is 5.92 Å². The van der Waals surface area contributed by atoms with Crippen LogP contribution in [0.2, 0.25) is 0 Å². The molecule has 4 rings (SSSR count). The number of aromatic nitrogens is 2. The van der Waals surface area contributed by atoms with Crippen LogP contribution in [0.25, 0.3) is 0 Å². The molecule has 1 aromatic heterocycles. The highest BCUT2D eigenvalue weighted by Crippen LogP contribution is 2.47. The minimum Gasteiger partial charge on any atom is -0.367 e. The Morgan fingerprint density at radius 3 is 2.64 bits per heavy atom. The van der Waals surface area contributed by atoms with Gasteiger partial charge in [0.2, 0.25) is 0 Å². The van der Waals surface area contributed by atoms with E-state index < -0.39 is 35.7 Å². The maximum atomic E-state index is 13.8. The molecule has 0 radical (unpaired) electrons. The second-order valence-electron chi connectivity index (χ2n) is 7.12. The number of carbonyl (C=O) groups is 1. The predicted molar refractivity (Wildman–Crippen MR) is 91.0 cm³/mol. The second-order valence-corrected chi connectivity index (χ2v) is 7.12. The fraction of sp³-hybridized carbons (Fsp3) is 0.444. The average molecular weight is 400 g/mol. The van der Waals surface area contributed by atoms with Gasteiger partial charge in [0.05, 0.1) is 5.69 Å². The van der Waals surface area contributed by atoms with E-state index in [2.05, 4.69) is 15.7 Å². The highest BCUT2D eigenvalue weighted by molar-refractivity contribution is 6.03. The van der Waals surface area contributed by atoms with Crippen molar-refractivity contribution < 1.29 is 26.7 Å². The first-order valence-electron chi connectivity index (χ1n) is 8.93. The molecule has 0 spiro atoms. The zero-order chi connectivity index (χ0) is 20.1. The molecule has 0 unspecified atom stereocenters. The molecular formula is C18H17F5N4O. The smallest absolute Gasteiger partial charge is 0.367 e. The highest BCUT2D eigenvalue weighted by Gasteiger charge is 2.52. The molecule has 1 amide bonds. The van der Waals surface area contributed by atoms with Crippen LogP contribution in [-0.4, -0.2) is 27.9 Å². The third kappa shape index (κ3) is 3.31. The van der Waals surface area contributed by atoms with Crippen LogP contribution in [0.4, 0.5) is 33.5 Å². The molecule has 10 heteroatoms. The van der Waals surface area contributed by atoms with Crippen molar-refractivity contribution in [3.63, 3.8) is 0 Å². The van der Waals surface area contributed by atoms with Crippen LogP contribution in [0.1, 0.15) is 42.2 Å². The first kappa shape index (κ1) is 18.7. The summed E-state index contributed by atoms with van der Waals surface area (Å²) in [5.41, 5.74) is -0.564. The first-order valence-corrected chi connectivity index (χ1v) is 8.93. The maximum absolute atomic E-state index is 13.8. The van der Waals surface area contributed by atoms with Crippen molar-refractivity contribution in [3.05, 3.63) is 41.6 Å². The first-order chi connectivity index (χ1) is 13.2. The Hall–Kier alpha value is -2.65. The van der Waals surface area contributed by atoms with E-state index in [1.807, 2.05) is 0 Å². The van der Waals surface area contributed by atoms with Gasteiger partial charge in [-0.3, -0.25) is 4.79 Å². The van der Waals surface area contributed by atoms with E-state index in [1.165, 1.54) is 6.07 Å². The summed E-state index contributed by atoms with van der Waals surface area (Å²) >= 11 is 0. The summed E-state index contributed by atoms with van der Waals surface area (Å²) in [6, 6.07) is 1.65. The number of nitrogens with zero attached hydrogens (tertiary/aromatic N) is 2. The Bertz CT molecular complexity index is 910. The van der Waals surface area contributed by atoms with Crippen molar-refractivity contribution in [3.8, 4) is 0 Å². The number of fused-ring (bicyclic) bond motifs is 2. The van der Waals surface area contributed by atoms with Gasteiger partial charge in [-0.2, -0.15) is 18.3 Å². The molecule has 1 fully saturated rings. The van der Waals surface area contributed by atoms with Crippen molar-refractivity contribution in [2.45, 2.75) is 43.9 Å². The number of hydrogen-bond donors (Lipinski definition) is 2. The van der Waals surface area contributed by atoms with Gasteiger partial charge >= 0.3 is 6.18 Å². The topological polar surface area (TPSA) is 59.0 Å². The summed E-state index contributed by atoms with van der Waals surface area (Å²) < 4.78 is 68.8. The lowest BCUT2D eigenvalue weighted by Gasteiger charge is -2.43. The van der Waals surface area contributed by atoms with E-state index >= 15 is 0 Å². The van der Waals surface area contributed by atoms with Gasteiger partial charge in [0.15, 0.2) is 11.7 Å². The molecule has 2 aliphatic rings. The maximum Gasteiger partial charge on any atom is 0.411 e. The predicted octanol–water partition coefficient (Wildman–Crippen LogP) is 4.50. The van der Waals surface area contributed by atoms with Crippen molar-refractivity contribution in [1.82, 2.24) is 9.78 Å². The largest absolute Gasteiger partial charge is 0.411 e. The van der Waals surface area contributed by atoms with E-state index in [9.17, 15) is 26.7 Å². The van der Waals surface area contributed by atoms with Crippen molar-refractivity contribution >= 4 is 17.4 Å². The van der Waals surface area contributed by atoms with E-state index in [0.29, 0.717) is 25.3 Å². The molecule has 0 bridgehead atoms. The Morgan fingerprint density at radius 1 is 1.18 bits per heavy atom. The zero-order valence-corrected chi connectivity index (χ0v) is 14.6. The molecule has 150 valence electrons. The van der Waals surface area contributed by atoms with Gasteiger partial charge in [-0.15, -0.1) is 0 Å². The summed E-state index contributed by atoms with van der Waals surface area (Å²) in [5.74, 6) is -3.23. The third-order valence-electron chi connectivity index (χ3n) is 5.30. The molecule has 2 N–H and O–H groups in total. The molecule has 2 aromatic rings. The second kappa shape index (κ2) is 6.75. The minimum atomic E-state index is -4.51. The van der Waals surface area contributed by atoms with Gasteiger partial charge in [-0.25, -0.2) is 13.5 Å². The van der Waals surface area contributed by atoms with Crippen LogP contribution in [0.5, 0.6) is 0 Å². The number of nitrogens with one attached hydrogen (secondary N) is 2. The molecule has 3 atom stereocenters. The molecule has 0 saturated heterocycles. The SMILES string of the molecule is O=C(Nc1ccc(F)cc1F)c1cc2n(n1)[C@H](C(F)(F)F)[C@H]1CCCC[C@@H]1N2. The lowest BCUT2D eigenvalue weighted by atomic mass is 9.78. The third-order valence-corrected chi connectivity index (χ3v) is 5.30. The number of alkyl halides is 3. The number of benzene rings is 1. The number of rotatable bonds is 2. The van der Waals surface area contributed by atoms with Crippen LogP contribution >= 0.6 is 0 Å². The monoisotopic (exact) mass is 400 g/mol. The van der Waals surface area contributed by atoms with Crippen molar-refractivity contribution in [1.29, 1.82) is 0 Å². The molecule has 1 aromatic carbocycles. The Kier molecular flexibility index (Phi) is 4.51. The summed E-state index contributed by atoms with van der Waals surface area (Å²) in [6.07, 6.45) is -1.93. The fourth-order valence-electron chi connectivity index (χ4n) is 4.07. The van der Waals surface area contributed by atoms with Crippen LogP contribution in [0.3, 0.4) is 0 Å². The number of halogens is 5. The fourth-order valence-corrected chi connectivity index (χ4v) is 4.07. The van der Waals surface area contributed by atoms with E-state index in [-0.39, 0.29) is 23.2 Å². The van der Waals surface area contributed by atoms with E-state index in [1.54, 1.807) is 0 Å². The van der Waals surface area contributed by atoms with Crippen LogP contribution in [-0.2, 0) is 0 Å². The standard InChI is InChI=1S/C18H17F5N4O/c19-9-5-6-13(11(20)7-9)25-17(28)14-8-15-24-12-4-2-1-3-10(12)16(18(21,22)23)27(15)26-14/h5-8,10,12,16,24H,1-4H2,(H,25,28)/t10-,12-,16-/m0/s1. The summed E-state index contributed by atoms with van der Waals surface area (Å²) in [7, 11) is 0. The number of carbonyl (C=O) groups excluding carboxylic acids is 1. The Morgan fingerprint density at radius 2 is 1.93 bits per heavy atom. The summed E-state index contributed by atoms with van der Waals surface area (Å²) in [4.78, 5) is 12.4. The van der Waals surface area contributed by atoms with Gasteiger partial charge in [0.25, 0.3) is 5.91 Å². The van der Waals surface area contributed by atoms with Gasteiger partial charge in [-0.1, -0.05) is 12.8 Å². The minimum absolute atomic E-state index is 0.107. The van der Waals surface area contributed by atoms with Crippen LogP contribution in [0.15, 0.2) is 24.3 Å². The molecule has 1 aliphatic carbocycles. The Balaban J connectivity index is 1.65. The zero-order valence-electron chi connectivity index (χ0n) is 14.6. The number of anilines is 2. The normalized spacial score (nSPS) is 24.1. The van der Waals surface area contributed by atoms with E-state index in [0.717, 1.165) is 23.2 Å². The average Bonchev–Trinajstić information content (AvgIpc) is 3.04. The lowest BCUT2D eigenvalue weighted by molar-refractivity contribution is -0.189. The van der Waals surface area contributed by atoms with Gasteiger partial charge in [-0.05, 0) is 25.0 Å². The Labute approximate surface area is 156 Å². The summed E-state index contributed by atoms with van der Waals surface area (Å²) in [6.45, 7) is 0. The molecule has 5 nitrogen and oxygen atoms in total. The van der Waals surface area contributed by atoms with Crippen LogP contribution in [0, 0.1) is 17.6 Å². The molecule has 1 aliphatic heterocycles. The quantitative estimate of drug-likeness (QED) is 0.730. The van der Waals surface area contributed by atoms with Gasteiger partial charge in [0, 0.05) is 24.1 Å². The van der Waals surface area contributed by atoms with Gasteiger partial charge in [0.1, 0.15) is 17.5 Å². The molecule has 28 heavy (non-hydrogen) atoms. The number of hydrogen-bond acceptors (Lipinski definition) is 3. The van der Waals surface area contributed by atoms with Crippen molar-refractivity contribution in [2.75, 3.05) is 10.6 Å². The number of amides is 1. The van der Waals surface area contributed by atoms with Gasteiger partial charge < -0.3 is 10.6 Å². The summed E-state index contributed by atoms with van der Waals surface area (Å²) in [5, 5.41) is 9.13. The highest BCUT2D eigenvalue weighted by atomic mass is 19.4. The van der Waals surface area contributed by atoms with E-state index in [4.69, 9.17) is 0 Å². The molecule has 2 heterocycles. The van der Waals surface area contributed by atoms with Crippen LogP contribution < -0.4 is 10.6 Å². The lowest BCUT2D eigenvalue weighted by Crippen LogP contribution is -2.48. The molecule has 1 saturated carbocycles.